The molecule has 0 N–H and O–H groups in total. The third-order valence-corrected chi connectivity index (χ3v) is 4.02. The zero-order valence-corrected chi connectivity index (χ0v) is 10.5. The van der Waals surface area contributed by atoms with Gasteiger partial charge >= 0.3 is 0 Å². The van der Waals surface area contributed by atoms with Crippen molar-refractivity contribution in [2.45, 2.75) is 70.6 Å². The first-order valence-corrected chi connectivity index (χ1v) is 6.03. The fourth-order valence-electron chi connectivity index (χ4n) is 3.31. The molecule has 0 saturated carbocycles. The molecule has 0 aromatic heterocycles. The summed E-state index contributed by atoms with van der Waals surface area (Å²) in [5.74, 6) is 0. The predicted molar refractivity (Wildman–Crippen MR) is 59.7 cm³/mol. The molecule has 5 unspecified atom stereocenters. The Morgan fingerprint density at radius 3 is 2.67 bits per heavy atom. The van der Waals surface area contributed by atoms with Crippen LogP contribution in [0.1, 0.15) is 40.5 Å². The molecular weight excluding hydrogens is 190 g/mol. The van der Waals surface area contributed by atoms with E-state index in [1.54, 1.807) is 0 Å². The van der Waals surface area contributed by atoms with Gasteiger partial charge in [-0.1, -0.05) is 6.92 Å². The fraction of sp³-hybridized carbons (Fsp3) is 1.00. The molecule has 3 nitrogen and oxygen atoms in total. The molecule has 2 aliphatic heterocycles. The van der Waals surface area contributed by atoms with E-state index in [2.05, 4.69) is 39.6 Å². The van der Waals surface area contributed by atoms with Crippen LogP contribution in [0.4, 0.5) is 0 Å². The smallest absolute Gasteiger partial charge is 0.108 e. The van der Waals surface area contributed by atoms with Crippen LogP contribution in [-0.2, 0) is 9.47 Å². The molecule has 3 heteroatoms. The number of fused-ring (bicyclic) bond motifs is 1. The van der Waals surface area contributed by atoms with Crippen molar-refractivity contribution in [2.24, 2.45) is 0 Å². The number of nitrogens with zero attached hydrogens (tertiary/aromatic N) is 1. The molecule has 0 amide bonds. The van der Waals surface area contributed by atoms with Crippen LogP contribution in [0.5, 0.6) is 0 Å². The highest BCUT2D eigenvalue weighted by molar-refractivity contribution is 5.03. The number of hydrogen-bond donors (Lipinski definition) is 0. The van der Waals surface area contributed by atoms with E-state index >= 15 is 0 Å². The predicted octanol–water partition coefficient (Wildman–Crippen LogP) is 2.01. The second-order valence-electron chi connectivity index (χ2n) is 5.22. The molecule has 0 spiro atoms. The van der Waals surface area contributed by atoms with Gasteiger partial charge in [-0.05, 0) is 34.2 Å². The number of rotatable bonds is 1. The summed E-state index contributed by atoms with van der Waals surface area (Å²) >= 11 is 0. The van der Waals surface area contributed by atoms with Crippen molar-refractivity contribution >= 4 is 0 Å². The quantitative estimate of drug-likeness (QED) is 0.665. The van der Waals surface area contributed by atoms with Gasteiger partial charge in [-0.2, -0.15) is 0 Å². The molecule has 5 atom stereocenters. The standard InChI is InChI=1S/C12H23NO2/c1-6-10-7-12(4)11(8(2)14-10)13(5)9(3)15-12/h8-11H,6-7H2,1-5H3. The summed E-state index contributed by atoms with van der Waals surface area (Å²) in [7, 11) is 2.13. The lowest BCUT2D eigenvalue weighted by Crippen LogP contribution is -2.56. The minimum atomic E-state index is -0.0213. The second kappa shape index (κ2) is 3.72. The highest BCUT2D eigenvalue weighted by atomic mass is 16.6. The van der Waals surface area contributed by atoms with Crippen LogP contribution in [0.2, 0.25) is 0 Å². The van der Waals surface area contributed by atoms with Crippen LogP contribution in [0.3, 0.4) is 0 Å². The van der Waals surface area contributed by atoms with E-state index in [1.807, 2.05) is 0 Å². The Kier molecular flexibility index (Phi) is 2.82. The van der Waals surface area contributed by atoms with E-state index in [0.717, 1.165) is 12.8 Å². The zero-order chi connectivity index (χ0) is 11.2. The minimum Gasteiger partial charge on any atom is -0.373 e. The van der Waals surface area contributed by atoms with Crippen molar-refractivity contribution in [2.75, 3.05) is 7.05 Å². The maximum atomic E-state index is 6.11. The Morgan fingerprint density at radius 1 is 1.40 bits per heavy atom. The Bertz CT molecular complexity index is 246. The van der Waals surface area contributed by atoms with Crippen molar-refractivity contribution < 1.29 is 9.47 Å². The molecule has 0 bridgehead atoms. The zero-order valence-electron chi connectivity index (χ0n) is 10.5. The molecule has 0 aliphatic carbocycles. The second-order valence-corrected chi connectivity index (χ2v) is 5.22. The van der Waals surface area contributed by atoms with Crippen LogP contribution >= 0.6 is 0 Å². The molecule has 2 rings (SSSR count). The Balaban J connectivity index is 2.21. The molecule has 0 radical (unpaired) electrons. The first-order valence-electron chi connectivity index (χ1n) is 6.03. The first-order chi connectivity index (χ1) is 6.98. The third kappa shape index (κ3) is 1.71. The van der Waals surface area contributed by atoms with E-state index in [4.69, 9.17) is 9.47 Å². The Labute approximate surface area is 92.7 Å². The van der Waals surface area contributed by atoms with Crippen LogP contribution in [-0.4, -0.2) is 42.0 Å². The third-order valence-electron chi connectivity index (χ3n) is 4.02. The highest BCUT2D eigenvalue weighted by Crippen LogP contribution is 2.42. The number of ether oxygens (including phenoxy) is 2. The summed E-state index contributed by atoms with van der Waals surface area (Å²) in [5.41, 5.74) is -0.0213. The van der Waals surface area contributed by atoms with Gasteiger partial charge in [0.05, 0.1) is 23.9 Å². The fourth-order valence-corrected chi connectivity index (χ4v) is 3.31. The molecule has 2 aliphatic rings. The number of likely N-dealkylation sites (N-methyl/N-ethyl adjacent to an activating group) is 1. The topological polar surface area (TPSA) is 21.7 Å². The highest BCUT2D eigenvalue weighted by Gasteiger charge is 2.54. The molecular formula is C12H23NO2. The normalized spacial score (nSPS) is 51.8. The van der Waals surface area contributed by atoms with Gasteiger partial charge in [-0.3, -0.25) is 4.90 Å². The van der Waals surface area contributed by atoms with Gasteiger partial charge in [-0.15, -0.1) is 0 Å². The maximum absolute atomic E-state index is 6.11. The molecule has 2 saturated heterocycles. The summed E-state index contributed by atoms with van der Waals surface area (Å²) in [4.78, 5) is 2.30. The summed E-state index contributed by atoms with van der Waals surface area (Å²) < 4.78 is 12.1. The minimum absolute atomic E-state index is 0.0213. The summed E-state index contributed by atoms with van der Waals surface area (Å²) in [6.45, 7) is 8.71. The van der Waals surface area contributed by atoms with Crippen LogP contribution in [0.25, 0.3) is 0 Å². The van der Waals surface area contributed by atoms with E-state index in [9.17, 15) is 0 Å². The lowest BCUT2D eigenvalue weighted by Gasteiger charge is -2.44. The molecule has 2 heterocycles. The van der Waals surface area contributed by atoms with Crippen molar-refractivity contribution in [3.8, 4) is 0 Å². The molecule has 0 aromatic rings. The van der Waals surface area contributed by atoms with Gasteiger partial charge in [-0.25, -0.2) is 0 Å². The van der Waals surface area contributed by atoms with Crippen LogP contribution in [0, 0.1) is 0 Å². The summed E-state index contributed by atoms with van der Waals surface area (Å²) in [5, 5.41) is 0. The number of hydrogen-bond acceptors (Lipinski definition) is 3. The molecule has 15 heavy (non-hydrogen) atoms. The molecule has 88 valence electrons. The lowest BCUT2D eigenvalue weighted by molar-refractivity contribution is -0.145. The summed E-state index contributed by atoms with van der Waals surface area (Å²) in [6.07, 6.45) is 2.94. The SMILES string of the molecule is CCC1CC2(C)OC(C)N(C)C2C(C)O1. The first kappa shape index (κ1) is 11.4. The summed E-state index contributed by atoms with van der Waals surface area (Å²) in [6, 6.07) is 0.398. The van der Waals surface area contributed by atoms with Gasteiger partial charge in [0.1, 0.15) is 6.23 Å². The molecule has 0 aromatic carbocycles. The van der Waals surface area contributed by atoms with Gasteiger partial charge < -0.3 is 9.47 Å². The average Bonchev–Trinajstić information content (AvgIpc) is 2.37. The molecule has 2 fully saturated rings. The van der Waals surface area contributed by atoms with Gasteiger partial charge in [0.2, 0.25) is 0 Å². The maximum Gasteiger partial charge on any atom is 0.108 e. The van der Waals surface area contributed by atoms with Crippen LogP contribution < -0.4 is 0 Å². The van der Waals surface area contributed by atoms with Crippen molar-refractivity contribution in [1.29, 1.82) is 0 Å². The Morgan fingerprint density at radius 2 is 2.07 bits per heavy atom. The van der Waals surface area contributed by atoms with Crippen molar-refractivity contribution in [1.82, 2.24) is 4.90 Å². The lowest BCUT2D eigenvalue weighted by atomic mass is 9.83. The average molecular weight is 213 g/mol. The largest absolute Gasteiger partial charge is 0.373 e. The van der Waals surface area contributed by atoms with E-state index in [-0.39, 0.29) is 17.9 Å². The van der Waals surface area contributed by atoms with Gasteiger partial charge in [0, 0.05) is 6.42 Å². The van der Waals surface area contributed by atoms with E-state index < -0.39 is 0 Å². The van der Waals surface area contributed by atoms with Gasteiger partial charge in [0.15, 0.2) is 0 Å². The van der Waals surface area contributed by atoms with Crippen molar-refractivity contribution in [3.05, 3.63) is 0 Å². The Hall–Kier alpha value is -0.120. The van der Waals surface area contributed by atoms with E-state index in [1.165, 1.54) is 0 Å². The van der Waals surface area contributed by atoms with Gasteiger partial charge in [0.25, 0.3) is 0 Å². The van der Waals surface area contributed by atoms with Crippen LogP contribution in [0.15, 0.2) is 0 Å². The monoisotopic (exact) mass is 213 g/mol. The van der Waals surface area contributed by atoms with E-state index in [0.29, 0.717) is 12.1 Å². The van der Waals surface area contributed by atoms with Crippen molar-refractivity contribution in [3.63, 3.8) is 0 Å².